The zero-order valence-corrected chi connectivity index (χ0v) is 16.7. The van der Waals surface area contributed by atoms with Crippen molar-refractivity contribution in [1.82, 2.24) is 25.2 Å². The summed E-state index contributed by atoms with van der Waals surface area (Å²) in [6, 6.07) is 4.13. The summed E-state index contributed by atoms with van der Waals surface area (Å²) in [6.45, 7) is 5.57. The molecule has 0 radical (unpaired) electrons. The zero-order chi connectivity index (χ0) is 19.2. The van der Waals surface area contributed by atoms with Gasteiger partial charge >= 0.3 is 0 Å². The molecule has 150 valence electrons. The number of hydrogen-bond acceptors (Lipinski definition) is 10. The normalized spacial score (nSPS) is 15.9. The van der Waals surface area contributed by atoms with Gasteiger partial charge in [0.25, 0.3) is 0 Å². The number of piperidine rings is 1. The Morgan fingerprint density at radius 2 is 1.93 bits per heavy atom. The van der Waals surface area contributed by atoms with E-state index < -0.39 is 0 Å². The van der Waals surface area contributed by atoms with E-state index in [1.165, 1.54) is 4.88 Å². The topological polar surface area (TPSA) is 101 Å². The van der Waals surface area contributed by atoms with E-state index in [1.54, 1.807) is 18.4 Å². The van der Waals surface area contributed by atoms with Gasteiger partial charge < -0.3 is 20.3 Å². The first-order chi connectivity index (χ1) is 13.8. The minimum atomic E-state index is 0.408. The quantitative estimate of drug-likeness (QED) is 0.558. The highest BCUT2D eigenvalue weighted by Crippen LogP contribution is 2.23. The number of rotatable bonds is 9. The number of aromatic nitrogens is 4. The monoisotopic (exact) mass is 403 g/mol. The van der Waals surface area contributed by atoms with Crippen LogP contribution in [0, 0.1) is 5.92 Å². The molecule has 0 atom stereocenters. The lowest BCUT2D eigenvalue weighted by Crippen LogP contribution is -2.37. The molecule has 0 amide bonds. The number of ether oxygens (including phenoxy) is 1. The molecule has 10 heteroatoms. The summed E-state index contributed by atoms with van der Waals surface area (Å²) in [5.74, 6) is 1.98. The van der Waals surface area contributed by atoms with Gasteiger partial charge in [-0.2, -0.15) is 0 Å². The molecule has 0 unspecified atom stereocenters. The van der Waals surface area contributed by atoms with Gasteiger partial charge in [-0.1, -0.05) is 6.07 Å². The van der Waals surface area contributed by atoms with Crippen LogP contribution in [0.3, 0.4) is 0 Å². The lowest BCUT2D eigenvalue weighted by atomic mass is 9.97. The summed E-state index contributed by atoms with van der Waals surface area (Å²) in [5.41, 5.74) is 0.823. The Balaban J connectivity index is 1.37. The number of nitrogens with zero attached hydrogens (tertiary/aromatic N) is 5. The SMILES string of the molecule is COCCN1CCC(CNc2nc3nonc3nc2NCc2cccs2)CC1. The van der Waals surface area contributed by atoms with Crippen molar-refractivity contribution in [3.8, 4) is 0 Å². The predicted octanol–water partition coefficient (Wildman–Crippen LogP) is 2.46. The molecule has 3 aromatic rings. The Morgan fingerprint density at radius 1 is 1.18 bits per heavy atom. The predicted molar refractivity (Wildman–Crippen MR) is 109 cm³/mol. The van der Waals surface area contributed by atoms with E-state index in [4.69, 9.17) is 9.37 Å². The average Bonchev–Trinajstić information content (AvgIpc) is 3.41. The van der Waals surface area contributed by atoms with Crippen molar-refractivity contribution in [3.63, 3.8) is 0 Å². The maximum Gasteiger partial charge on any atom is 0.245 e. The number of likely N-dealkylation sites (tertiary alicyclic amines) is 1. The molecule has 0 aromatic carbocycles. The van der Waals surface area contributed by atoms with Gasteiger partial charge in [-0.15, -0.1) is 11.3 Å². The van der Waals surface area contributed by atoms with Crippen molar-refractivity contribution in [1.29, 1.82) is 0 Å². The van der Waals surface area contributed by atoms with Crippen LogP contribution in [0.25, 0.3) is 11.3 Å². The fourth-order valence-electron chi connectivity index (χ4n) is 3.34. The molecule has 9 nitrogen and oxygen atoms in total. The molecule has 0 spiro atoms. The molecule has 3 aromatic heterocycles. The van der Waals surface area contributed by atoms with Gasteiger partial charge in [0.05, 0.1) is 13.2 Å². The largest absolute Gasteiger partial charge is 0.383 e. The van der Waals surface area contributed by atoms with E-state index >= 15 is 0 Å². The van der Waals surface area contributed by atoms with Gasteiger partial charge in [-0.05, 0) is 53.6 Å². The maximum absolute atomic E-state index is 5.17. The van der Waals surface area contributed by atoms with Gasteiger partial charge in [0, 0.05) is 25.1 Å². The molecular weight excluding hydrogens is 378 g/mol. The fourth-order valence-corrected chi connectivity index (χ4v) is 3.99. The van der Waals surface area contributed by atoms with Gasteiger partial charge in [0.1, 0.15) is 0 Å². The van der Waals surface area contributed by atoms with Crippen molar-refractivity contribution in [2.75, 3.05) is 50.5 Å². The number of hydrogen-bond donors (Lipinski definition) is 2. The van der Waals surface area contributed by atoms with E-state index in [1.807, 2.05) is 6.07 Å². The number of thiophene rings is 1. The third-order valence-corrected chi connectivity index (χ3v) is 5.88. The van der Waals surface area contributed by atoms with Crippen molar-refractivity contribution in [2.24, 2.45) is 5.92 Å². The third kappa shape index (κ3) is 4.75. The Bertz CT molecular complexity index is 862. The molecular formula is C18H25N7O2S. The van der Waals surface area contributed by atoms with Crippen molar-refractivity contribution < 1.29 is 9.37 Å². The molecule has 0 bridgehead atoms. The molecule has 1 aliphatic heterocycles. The smallest absolute Gasteiger partial charge is 0.245 e. The van der Waals surface area contributed by atoms with Gasteiger partial charge in [0.15, 0.2) is 11.6 Å². The average molecular weight is 404 g/mol. The lowest BCUT2D eigenvalue weighted by Gasteiger charge is -2.31. The molecule has 1 aliphatic rings. The molecule has 2 N–H and O–H groups in total. The molecule has 1 saturated heterocycles. The highest BCUT2D eigenvalue weighted by molar-refractivity contribution is 7.09. The highest BCUT2D eigenvalue weighted by Gasteiger charge is 2.20. The third-order valence-electron chi connectivity index (χ3n) is 5.00. The summed E-state index contributed by atoms with van der Waals surface area (Å²) in [5, 5.41) is 16.5. The Morgan fingerprint density at radius 3 is 2.61 bits per heavy atom. The minimum Gasteiger partial charge on any atom is -0.383 e. The number of nitrogens with one attached hydrogen (secondary N) is 2. The van der Waals surface area contributed by atoms with Crippen LogP contribution in [0.5, 0.6) is 0 Å². The first-order valence-electron chi connectivity index (χ1n) is 9.53. The molecule has 0 saturated carbocycles. The van der Waals surface area contributed by atoms with E-state index in [2.05, 4.69) is 47.3 Å². The Kier molecular flexibility index (Phi) is 6.30. The van der Waals surface area contributed by atoms with E-state index in [-0.39, 0.29) is 0 Å². The first kappa shape index (κ1) is 19.0. The van der Waals surface area contributed by atoms with Crippen LogP contribution in [0.1, 0.15) is 17.7 Å². The molecule has 28 heavy (non-hydrogen) atoms. The van der Waals surface area contributed by atoms with Crippen molar-refractivity contribution >= 4 is 34.3 Å². The van der Waals surface area contributed by atoms with Crippen LogP contribution in [-0.4, -0.2) is 65.1 Å². The van der Waals surface area contributed by atoms with Crippen LogP contribution in [0.4, 0.5) is 11.6 Å². The summed E-state index contributed by atoms with van der Waals surface area (Å²) in [7, 11) is 1.75. The van der Waals surface area contributed by atoms with Crippen LogP contribution in [0.15, 0.2) is 22.1 Å². The van der Waals surface area contributed by atoms with Crippen molar-refractivity contribution in [3.05, 3.63) is 22.4 Å². The Labute approximate surface area is 167 Å². The van der Waals surface area contributed by atoms with Gasteiger partial charge in [0.2, 0.25) is 11.3 Å². The van der Waals surface area contributed by atoms with Gasteiger partial charge in [-0.25, -0.2) is 14.6 Å². The van der Waals surface area contributed by atoms with E-state index in [0.29, 0.717) is 35.4 Å². The second kappa shape index (κ2) is 9.26. The first-order valence-corrected chi connectivity index (χ1v) is 10.4. The van der Waals surface area contributed by atoms with Crippen LogP contribution >= 0.6 is 11.3 Å². The molecule has 4 rings (SSSR count). The fraction of sp³-hybridized carbons (Fsp3) is 0.556. The van der Waals surface area contributed by atoms with Crippen LogP contribution < -0.4 is 10.6 Å². The van der Waals surface area contributed by atoms with E-state index in [0.717, 1.165) is 45.6 Å². The summed E-state index contributed by atoms with van der Waals surface area (Å²) >= 11 is 1.70. The zero-order valence-electron chi connectivity index (χ0n) is 15.9. The second-order valence-corrected chi connectivity index (χ2v) is 7.96. The lowest BCUT2D eigenvalue weighted by molar-refractivity contribution is 0.122. The number of anilines is 2. The second-order valence-electron chi connectivity index (χ2n) is 6.92. The van der Waals surface area contributed by atoms with Crippen molar-refractivity contribution in [2.45, 2.75) is 19.4 Å². The number of methoxy groups -OCH3 is 1. The molecule has 4 heterocycles. The standard InChI is InChI=1S/C18H25N7O2S/c1-26-9-8-25-6-4-13(5-7-25)11-19-15-16(20-12-14-3-2-10-28-14)22-18-17(21-15)23-27-24-18/h2-3,10,13H,4-9,11-12H2,1H3,(H,19,21,23)(H,20,22,24). The molecule has 1 fully saturated rings. The molecule has 0 aliphatic carbocycles. The van der Waals surface area contributed by atoms with E-state index in [9.17, 15) is 0 Å². The summed E-state index contributed by atoms with van der Waals surface area (Å²) in [4.78, 5) is 12.8. The maximum atomic E-state index is 5.17. The van der Waals surface area contributed by atoms with Gasteiger partial charge in [-0.3, -0.25) is 0 Å². The number of fused-ring (bicyclic) bond motifs is 1. The summed E-state index contributed by atoms with van der Waals surface area (Å²) < 4.78 is 9.94. The summed E-state index contributed by atoms with van der Waals surface area (Å²) in [6.07, 6.45) is 2.33. The van der Waals surface area contributed by atoms with Crippen LogP contribution in [0.2, 0.25) is 0 Å². The highest BCUT2D eigenvalue weighted by atomic mass is 32.1. The minimum absolute atomic E-state index is 0.408. The van der Waals surface area contributed by atoms with Crippen LogP contribution in [-0.2, 0) is 11.3 Å². The Hall–Kier alpha value is -2.30.